The molecule has 0 bridgehead atoms. The van der Waals surface area contributed by atoms with E-state index in [1.165, 1.54) is 4.88 Å². The van der Waals surface area contributed by atoms with Gasteiger partial charge in [-0.15, -0.1) is 11.3 Å². The minimum atomic E-state index is 0.00397. The fraction of sp³-hybridized carbons (Fsp3) is 0.600. The van der Waals surface area contributed by atoms with Crippen molar-refractivity contribution in [2.75, 3.05) is 5.32 Å². The van der Waals surface area contributed by atoms with Gasteiger partial charge in [0.1, 0.15) is 0 Å². The normalized spacial score (nSPS) is 10.6. The van der Waals surface area contributed by atoms with Gasteiger partial charge in [-0.3, -0.25) is 4.79 Å². The molecule has 4 heteroatoms. The Morgan fingerprint density at radius 2 is 2.21 bits per heavy atom. The van der Waals surface area contributed by atoms with Crippen molar-refractivity contribution in [2.45, 2.75) is 34.1 Å². The van der Waals surface area contributed by atoms with Crippen molar-refractivity contribution >= 4 is 22.4 Å². The number of hydrogen-bond acceptors (Lipinski definition) is 3. The van der Waals surface area contributed by atoms with E-state index < -0.39 is 0 Å². The van der Waals surface area contributed by atoms with Crippen molar-refractivity contribution < 1.29 is 4.79 Å². The summed E-state index contributed by atoms with van der Waals surface area (Å²) in [6.45, 7) is 7.84. The molecule has 0 aliphatic carbocycles. The van der Waals surface area contributed by atoms with Gasteiger partial charge in [-0.05, 0) is 13.3 Å². The maximum atomic E-state index is 11.4. The van der Waals surface area contributed by atoms with Gasteiger partial charge < -0.3 is 5.32 Å². The topological polar surface area (TPSA) is 42.0 Å². The van der Waals surface area contributed by atoms with Gasteiger partial charge in [-0.2, -0.15) is 0 Å². The lowest BCUT2D eigenvalue weighted by atomic mass is 10.2. The quantitative estimate of drug-likeness (QED) is 0.836. The van der Waals surface area contributed by atoms with Crippen LogP contribution in [0.2, 0.25) is 0 Å². The molecule has 0 unspecified atom stereocenters. The molecule has 0 fully saturated rings. The summed E-state index contributed by atoms with van der Waals surface area (Å²) in [5.41, 5.74) is 1.08. The Hall–Kier alpha value is -0.900. The van der Waals surface area contributed by atoms with Crippen LogP contribution < -0.4 is 5.32 Å². The Morgan fingerprint density at radius 3 is 2.64 bits per heavy atom. The molecule has 0 atom stereocenters. The van der Waals surface area contributed by atoms with E-state index in [1.807, 2.05) is 20.8 Å². The second-order valence-corrected chi connectivity index (χ2v) is 4.72. The van der Waals surface area contributed by atoms with Gasteiger partial charge in [0.15, 0.2) is 5.13 Å². The Morgan fingerprint density at radius 1 is 1.57 bits per heavy atom. The molecule has 0 spiro atoms. The van der Waals surface area contributed by atoms with Gasteiger partial charge >= 0.3 is 0 Å². The maximum Gasteiger partial charge on any atom is 0.228 e. The van der Waals surface area contributed by atoms with Gasteiger partial charge in [-0.25, -0.2) is 4.98 Å². The first kappa shape index (κ1) is 11.2. The number of anilines is 1. The molecule has 1 rings (SSSR count). The first-order chi connectivity index (χ1) is 6.54. The summed E-state index contributed by atoms with van der Waals surface area (Å²) in [5, 5.41) is 3.53. The average Bonchev–Trinajstić information content (AvgIpc) is 2.45. The van der Waals surface area contributed by atoms with Crippen LogP contribution in [0.25, 0.3) is 0 Å². The molecule has 0 saturated carbocycles. The highest BCUT2D eigenvalue weighted by Crippen LogP contribution is 2.22. The maximum absolute atomic E-state index is 11.4. The fourth-order valence-corrected chi connectivity index (χ4v) is 1.96. The van der Waals surface area contributed by atoms with E-state index in [0.717, 1.165) is 17.2 Å². The fourth-order valence-electron chi connectivity index (χ4n) is 1.06. The second-order valence-electron chi connectivity index (χ2n) is 3.52. The number of rotatable bonds is 3. The molecule has 0 aromatic carbocycles. The standard InChI is InChI=1S/C10H16N2OS/c1-5-8-7(4)14-10(11-8)12-9(13)6(2)3/h6H,5H2,1-4H3,(H,11,12,13). The zero-order valence-electron chi connectivity index (χ0n) is 9.05. The van der Waals surface area contributed by atoms with Gasteiger partial charge in [0, 0.05) is 10.8 Å². The molecule has 0 aliphatic rings. The van der Waals surface area contributed by atoms with Gasteiger partial charge in [0.2, 0.25) is 5.91 Å². The van der Waals surface area contributed by atoms with E-state index >= 15 is 0 Å². The third-order valence-corrected chi connectivity index (χ3v) is 2.91. The molecule has 1 aromatic rings. The van der Waals surface area contributed by atoms with Crippen LogP contribution in [0.4, 0.5) is 5.13 Å². The number of nitrogens with zero attached hydrogens (tertiary/aromatic N) is 1. The monoisotopic (exact) mass is 212 g/mol. The number of nitrogens with one attached hydrogen (secondary N) is 1. The number of hydrogen-bond donors (Lipinski definition) is 1. The minimum absolute atomic E-state index is 0.00397. The minimum Gasteiger partial charge on any atom is -0.302 e. The zero-order chi connectivity index (χ0) is 10.7. The SMILES string of the molecule is CCc1nc(NC(=O)C(C)C)sc1C. The highest BCUT2D eigenvalue weighted by atomic mass is 32.1. The molecule has 0 radical (unpaired) electrons. The Balaban J connectivity index is 2.73. The molecule has 1 heterocycles. The van der Waals surface area contributed by atoms with E-state index in [-0.39, 0.29) is 11.8 Å². The summed E-state index contributed by atoms with van der Waals surface area (Å²) >= 11 is 1.54. The van der Waals surface area contributed by atoms with Gasteiger partial charge in [0.25, 0.3) is 0 Å². The van der Waals surface area contributed by atoms with E-state index in [9.17, 15) is 4.79 Å². The lowest BCUT2D eigenvalue weighted by molar-refractivity contribution is -0.118. The number of aryl methyl sites for hydroxylation is 2. The van der Waals surface area contributed by atoms with E-state index in [2.05, 4.69) is 17.2 Å². The van der Waals surface area contributed by atoms with Crippen LogP contribution in [-0.2, 0) is 11.2 Å². The van der Waals surface area contributed by atoms with Crippen LogP contribution in [0.1, 0.15) is 31.3 Å². The van der Waals surface area contributed by atoms with E-state index in [0.29, 0.717) is 0 Å². The predicted molar refractivity (Wildman–Crippen MR) is 59.7 cm³/mol. The summed E-state index contributed by atoms with van der Waals surface area (Å²) in [4.78, 5) is 16.9. The second kappa shape index (κ2) is 4.55. The summed E-state index contributed by atoms with van der Waals surface area (Å²) in [6.07, 6.45) is 0.917. The smallest absolute Gasteiger partial charge is 0.228 e. The summed E-state index contributed by atoms with van der Waals surface area (Å²) in [7, 11) is 0. The van der Waals surface area contributed by atoms with Crippen LogP contribution in [0.5, 0.6) is 0 Å². The van der Waals surface area contributed by atoms with E-state index in [4.69, 9.17) is 0 Å². The predicted octanol–water partition coefficient (Wildman–Crippen LogP) is 2.61. The van der Waals surface area contributed by atoms with Crippen LogP contribution >= 0.6 is 11.3 Å². The highest BCUT2D eigenvalue weighted by Gasteiger charge is 2.11. The largest absolute Gasteiger partial charge is 0.302 e. The van der Waals surface area contributed by atoms with Crippen molar-refractivity contribution in [3.63, 3.8) is 0 Å². The van der Waals surface area contributed by atoms with Crippen LogP contribution in [0, 0.1) is 12.8 Å². The first-order valence-corrected chi connectivity index (χ1v) is 5.63. The summed E-state index contributed by atoms with van der Waals surface area (Å²) < 4.78 is 0. The van der Waals surface area contributed by atoms with Crippen molar-refractivity contribution in [1.82, 2.24) is 4.98 Å². The molecule has 1 aromatic heterocycles. The molecule has 3 nitrogen and oxygen atoms in total. The van der Waals surface area contributed by atoms with Crippen LogP contribution in [0.3, 0.4) is 0 Å². The highest BCUT2D eigenvalue weighted by molar-refractivity contribution is 7.15. The van der Waals surface area contributed by atoms with E-state index in [1.54, 1.807) is 11.3 Å². The number of thiazole rings is 1. The van der Waals surface area contributed by atoms with Crippen molar-refractivity contribution in [2.24, 2.45) is 5.92 Å². The van der Waals surface area contributed by atoms with Crippen LogP contribution in [0.15, 0.2) is 0 Å². The molecule has 1 amide bonds. The van der Waals surface area contributed by atoms with Gasteiger partial charge in [-0.1, -0.05) is 20.8 Å². The average molecular weight is 212 g/mol. The Bertz CT molecular complexity index is 331. The van der Waals surface area contributed by atoms with Crippen molar-refractivity contribution in [3.05, 3.63) is 10.6 Å². The number of carbonyl (C=O) groups is 1. The Kier molecular flexibility index (Phi) is 3.63. The number of aromatic nitrogens is 1. The lowest BCUT2D eigenvalue weighted by Gasteiger charge is -2.02. The molecule has 14 heavy (non-hydrogen) atoms. The number of carbonyl (C=O) groups excluding carboxylic acids is 1. The third-order valence-electron chi connectivity index (χ3n) is 1.98. The zero-order valence-corrected chi connectivity index (χ0v) is 9.86. The summed E-state index contributed by atoms with van der Waals surface area (Å²) in [5.74, 6) is 0.0330. The van der Waals surface area contributed by atoms with Crippen molar-refractivity contribution in [3.8, 4) is 0 Å². The summed E-state index contributed by atoms with van der Waals surface area (Å²) in [6, 6.07) is 0. The first-order valence-electron chi connectivity index (χ1n) is 4.81. The molecular weight excluding hydrogens is 196 g/mol. The third kappa shape index (κ3) is 2.54. The Labute approximate surface area is 88.6 Å². The molecular formula is C10H16N2OS. The molecule has 0 saturated heterocycles. The van der Waals surface area contributed by atoms with Crippen molar-refractivity contribution in [1.29, 1.82) is 0 Å². The molecule has 78 valence electrons. The van der Waals surface area contributed by atoms with Crippen LogP contribution in [-0.4, -0.2) is 10.9 Å². The number of amides is 1. The van der Waals surface area contributed by atoms with Gasteiger partial charge in [0.05, 0.1) is 5.69 Å². The lowest BCUT2D eigenvalue weighted by Crippen LogP contribution is -2.17. The molecule has 1 N–H and O–H groups in total. The molecule has 0 aliphatic heterocycles.